The summed E-state index contributed by atoms with van der Waals surface area (Å²) in [7, 11) is -0.534. The Morgan fingerprint density at radius 1 is 1.22 bits per heavy atom. The highest BCUT2D eigenvalue weighted by molar-refractivity contribution is 7.84. The van der Waals surface area contributed by atoms with Crippen LogP contribution in [-0.4, -0.2) is 27.4 Å². The van der Waals surface area contributed by atoms with Gasteiger partial charge >= 0.3 is 0 Å². The second-order valence-electron chi connectivity index (χ2n) is 1.33. The number of rotatable bonds is 2. The van der Waals surface area contributed by atoms with Gasteiger partial charge in [0.2, 0.25) is 0 Å². The smallest absolute Gasteiger partial charge is 0.0402 e. The van der Waals surface area contributed by atoms with Gasteiger partial charge in [0.1, 0.15) is 0 Å². The molecule has 0 aliphatic heterocycles. The molecule has 0 fully saturated rings. The third-order valence-electron chi connectivity index (χ3n) is 0.644. The van der Waals surface area contributed by atoms with Gasteiger partial charge in [0, 0.05) is 28.9 Å². The summed E-state index contributed by atoms with van der Waals surface area (Å²) in [5.74, 6) is 1.60. The minimum atomic E-state index is -0.534. The lowest BCUT2D eigenvalue weighted by Crippen LogP contribution is -1.93. The van der Waals surface area contributed by atoms with E-state index in [1.807, 2.05) is 13.8 Å². The van der Waals surface area contributed by atoms with Gasteiger partial charge in [-0.3, -0.25) is 4.21 Å². The zero-order valence-electron chi connectivity index (χ0n) is 6.39. The predicted octanol–water partition coefficient (Wildman–Crippen LogP) is 0.774. The van der Waals surface area contributed by atoms with Gasteiger partial charge in [0.25, 0.3) is 0 Å². The van der Waals surface area contributed by atoms with Crippen molar-refractivity contribution in [3.63, 3.8) is 0 Å². The summed E-state index contributed by atoms with van der Waals surface area (Å²) in [6.07, 6.45) is 0. The van der Waals surface area contributed by atoms with Crippen LogP contribution in [-0.2, 0) is 10.8 Å². The molecule has 0 aliphatic rings. The van der Waals surface area contributed by atoms with E-state index >= 15 is 0 Å². The molecule has 1 N–H and O–H groups in total. The van der Waals surface area contributed by atoms with Crippen LogP contribution in [0.5, 0.6) is 0 Å². The zero-order valence-corrected chi connectivity index (χ0v) is 7.20. The van der Waals surface area contributed by atoms with Crippen LogP contribution >= 0.6 is 0 Å². The van der Waals surface area contributed by atoms with Crippen molar-refractivity contribution in [2.24, 2.45) is 0 Å². The SMILES string of the molecule is CCO.CCS(=O)CC. The topological polar surface area (TPSA) is 37.3 Å². The Hall–Kier alpha value is 0.110. The molecule has 0 atom stereocenters. The van der Waals surface area contributed by atoms with Crippen molar-refractivity contribution in [3.05, 3.63) is 0 Å². The summed E-state index contributed by atoms with van der Waals surface area (Å²) in [4.78, 5) is 0. The Labute approximate surface area is 59.7 Å². The minimum absolute atomic E-state index is 0.250. The van der Waals surface area contributed by atoms with E-state index in [0.29, 0.717) is 0 Å². The van der Waals surface area contributed by atoms with Crippen molar-refractivity contribution in [2.75, 3.05) is 18.1 Å². The van der Waals surface area contributed by atoms with Crippen LogP contribution in [0.3, 0.4) is 0 Å². The first kappa shape index (κ1) is 11.9. The number of aliphatic hydroxyl groups is 1. The summed E-state index contributed by atoms with van der Waals surface area (Å²) in [6, 6.07) is 0. The van der Waals surface area contributed by atoms with Gasteiger partial charge < -0.3 is 5.11 Å². The molecule has 2 nitrogen and oxygen atoms in total. The van der Waals surface area contributed by atoms with Crippen molar-refractivity contribution < 1.29 is 9.32 Å². The molecule has 0 radical (unpaired) electrons. The molecular formula is C6H16O2S. The molecule has 0 heterocycles. The monoisotopic (exact) mass is 152 g/mol. The standard InChI is InChI=1S/C4H10OS.C2H6O/c1-3-6(5)4-2;1-2-3/h3-4H2,1-2H3;3H,2H2,1H3. The van der Waals surface area contributed by atoms with Crippen LogP contribution in [0.4, 0.5) is 0 Å². The van der Waals surface area contributed by atoms with E-state index in [9.17, 15) is 4.21 Å². The fraction of sp³-hybridized carbons (Fsp3) is 1.00. The van der Waals surface area contributed by atoms with Gasteiger partial charge in [0.15, 0.2) is 0 Å². The summed E-state index contributed by atoms with van der Waals surface area (Å²) in [5, 5.41) is 7.57. The first-order valence-electron chi connectivity index (χ1n) is 3.18. The van der Waals surface area contributed by atoms with Gasteiger partial charge in [-0.2, -0.15) is 0 Å². The van der Waals surface area contributed by atoms with Crippen molar-refractivity contribution in [1.29, 1.82) is 0 Å². The Morgan fingerprint density at radius 2 is 1.44 bits per heavy atom. The normalized spacial score (nSPS) is 8.56. The summed E-state index contributed by atoms with van der Waals surface area (Å²) in [5.41, 5.74) is 0. The average Bonchev–Trinajstić information content (AvgIpc) is 1.88. The molecule has 58 valence electrons. The molecule has 0 amide bonds. The Kier molecular flexibility index (Phi) is 14.5. The maximum absolute atomic E-state index is 10.3. The summed E-state index contributed by atoms with van der Waals surface area (Å²) >= 11 is 0. The van der Waals surface area contributed by atoms with Crippen LogP contribution in [0.1, 0.15) is 20.8 Å². The quantitative estimate of drug-likeness (QED) is 0.634. The highest BCUT2D eigenvalue weighted by atomic mass is 32.2. The molecule has 0 aromatic heterocycles. The maximum atomic E-state index is 10.3. The Balaban J connectivity index is 0. The van der Waals surface area contributed by atoms with Crippen LogP contribution in [0.25, 0.3) is 0 Å². The molecule has 0 aliphatic carbocycles. The van der Waals surface area contributed by atoms with E-state index in [1.54, 1.807) is 6.92 Å². The van der Waals surface area contributed by atoms with E-state index in [2.05, 4.69) is 0 Å². The fourth-order valence-electron chi connectivity index (χ4n) is 0.204. The summed E-state index contributed by atoms with van der Waals surface area (Å²) < 4.78 is 10.3. The van der Waals surface area contributed by atoms with Crippen LogP contribution in [0.2, 0.25) is 0 Å². The molecule has 0 bridgehead atoms. The number of aliphatic hydroxyl groups excluding tert-OH is 1. The average molecular weight is 152 g/mol. The number of hydrogen-bond acceptors (Lipinski definition) is 2. The molecular weight excluding hydrogens is 136 g/mol. The van der Waals surface area contributed by atoms with Gasteiger partial charge in [-0.1, -0.05) is 13.8 Å². The Morgan fingerprint density at radius 3 is 1.44 bits per heavy atom. The summed E-state index contributed by atoms with van der Waals surface area (Å²) in [6.45, 7) is 5.79. The van der Waals surface area contributed by atoms with Crippen LogP contribution in [0.15, 0.2) is 0 Å². The lowest BCUT2D eigenvalue weighted by Gasteiger charge is -1.84. The Bertz CT molecular complexity index is 58.1. The third kappa shape index (κ3) is 17.9. The van der Waals surface area contributed by atoms with Gasteiger partial charge in [-0.25, -0.2) is 0 Å². The van der Waals surface area contributed by atoms with E-state index in [1.165, 1.54) is 0 Å². The van der Waals surface area contributed by atoms with Crippen molar-refractivity contribution >= 4 is 10.8 Å². The van der Waals surface area contributed by atoms with Crippen molar-refractivity contribution in [3.8, 4) is 0 Å². The molecule has 0 unspecified atom stereocenters. The first-order chi connectivity index (χ1) is 4.22. The molecule has 9 heavy (non-hydrogen) atoms. The molecule has 0 spiro atoms. The van der Waals surface area contributed by atoms with E-state index in [0.717, 1.165) is 11.5 Å². The molecule has 0 aromatic rings. The highest BCUT2D eigenvalue weighted by Crippen LogP contribution is 1.75. The third-order valence-corrected chi connectivity index (χ3v) is 1.93. The van der Waals surface area contributed by atoms with Gasteiger partial charge in [-0.15, -0.1) is 0 Å². The molecule has 0 saturated carbocycles. The van der Waals surface area contributed by atoms with Crippen molar-refractivity contribution in [2.45, 2.75) is 20.8 Å². The highest BCUT2D eigenvalue weighted by Gasteiger charge is 1.83. The van der Waals surface area contributed by atoms with Crippen molar-refractivity contribution in [1.82, 2.24) is 0 Å². The van der Waals surface area contributed by atoms with Crippen LogP contribution in [0, 0.1) is 0 Å². The first-order valence-corrected chi connectivity index (χ1v) is 4.67. The molecule has 0 aromatic carbocycles. The van der Waals surface area contributed by atoms with Crippen LogP contribution < -0.4 is 0 Å². The van der Waals surface area contributed by atoms with E-state index in [4.69, 9.17) is 5.11 Å². The minimum Gasteiger partial charge on any atom is -0.397 e. The molecule has 3 heteroatoms. The fourth-order valence-corrected chi connectivity index (χ4v) is 0.612. The van der Waals surface area contributed by atoms with Gasteiger partial charge in [0.05, 0.1) is 0 Å². The van der Waals surface area contributed by atoms with Gasteiger partial charge in [-0.05, 0) is 6.92 Å². The molecule has 0 rings (SSSR count). The second-order valence-corrected chi connectivity index (χ2v) is 3.37. The predicted molar refractivity (Wildman–Crippen MR) is 42.0 cm³/mol. The largest absolute Gasteiger partial charge is 0.397 e. The maximum Gasteiger partial charge on any atom is 0.0402 e. The second kappa shape index (κ2) is 11.0. The van der Waals surface area contributed by atoms with E-state index in [-0.39, 0.29) is 6.61 Å². The molecule has 0 saturated heterocycles. The lowest BCUT2D eigenvalue weighted by atomic mass is 10.9. The lowest BCUT2D eigenvalue weighted by molar-refractivity contribution is 0.318. The number of hydrogen-bond donors (Lipinski definition) is 1. The van der Waals surface area contributed by atoms with E-state index < -0.39 is 10.8 Å². The zero-order chi connectivity index (χ0) is 7.70.